The van der Waals surface area contributed by atoms with E-state index in [1.165, 1.54) is 38.5 Å². The lowest BCUT2D eigenvalue weighted by Crippen LogP contribution is -2.48. The van der Waals surface area contributed by atoms with Crippen molar-refractivity contribution in [3.63, 3.8) is 0 Å². The molecule has 1 fully saturated rings. The Morgan fingerprint density at radius 1 is 1.04 bits per heavy atom. The Hall–Kier alpha value is -0.490. The van der Waals surface area contributed by atoms with Gasteiger partial charge in [0.1, 0.15) is 12.4 Å². The quantitative estimate of drug-likeness (QED) is 0.396. The van der Waals surface area contributed by atoms with Gasteiger partial charge in [-0.25, -0.2) is 0 Å². The van der Waals surface area contributed by atoms with Crippen molar-refractivity contribution in [1.29, 1.82) is 0 Å². The van der Waals surface area contributed by atoms with E-state index in [0.29, 0.717) is 12.8 Å². The van der Waals surface area contributed by atoms with E-state index in [4.69, 9.17) is 9.47 Å². The molecule has 1 saturated heterocycles. The molecule has 24 heavy (non-hydrogen) atoms. The number of aldehydes is 1. The number of aliphatic hydroxyl groups excluding tert-OH is 2. The highest BCUT2D eigenvalue weighted by molar-refractivity contribution is 5.48. The van der Waals surface area contributed by atoms with Gasteiger partial charge in [-0.15, -0.1) is 0 Å². The topological polar surface area (TPSA) is 76.0 Å². The summed E-state index contributed by atoms with van der Waals surface area (Å²) in [6.45, 7) is 3.81. The summed E-state index contributed by atoms with van der Waals surface area (Å²) in [4.78, 5) is 10.2. The lowest BCUT2D eigenvalue weighted by molar-refractivity contribution is -0.273. The minimum Gasteiger partial charge on any atom is -0.390 e. The van der Waals surface area contributed by atoms with Gasteiger partial charge in [-0.2, -0.15) is 0 Å². The van der Waals surface area contributed by atoms with Gasteiger partial charge in [0.25, 0.3) is 0 Å². The standard InChI is InChI=1S/C19H36O5/c1-15(23-19-18(22)14-17(21)16(2)24-19)12-10-8-6-4-3-5-7-9-11-13-20/h13,15-19,21-22H,3-12,14H2,1-2H3/t15-,16?,17-,18+,19-/m1/s1. The number of hydrogen-bond donors (Lipinski definition) is 2. The van der Waals surface area contributed by atoms with Crippen LogP contribution in [0, 0.1) is 0 Å². The van der Waals surface area contributed by atoms with Crippen LogP contribution in [0.15, 0.2) is 0 Å². The molecule has 1 aliphatic rings. The van der Waals surface area contributed by atoms with E-state index < -0.39 is 18.5 Å². The molecule has 0 aromatic carbocycles. The maximum absolute atomic E-state index is 10.2. The maximum atomic E-state index is 10.2. The summed E-state index contributed by atoms with van der Waals surface area (Å²) >= 11 is 0. The Balaban J connectivity index is 1.98. The smallest absolute Gasteiger partial charge is 0.184 e. The molecular weight excluding hydrogens is 308 g/mol. The molecule has 0 aliphatic carbocycles. The summed E-state index contributed by atoms with van der Waals surface area (Å²) in [5.41, 5.74) is 0. The second-order valence-electron chi connectivity index (χ2n) is 7.10. The highest BCUT2D eigenvalue weighted by Crippen LogP contribution is 2.23. The van der Waals surface area contributed by atoms with Crippen LogP contribution < -0.4 is 0 Å². The van der Waals surface area contributed by atoms with E-state index in [-0.39, 0.29) is 12.2 Å². The van der Waals surface area contributed by atoms with Crippen molar-refractivity contribution in [3.8, 4) is 0 Å². The molecule has 1 rings (SSSR count). The van der Waals surface area contributed by atoms with E-state index in [9.17, 15) is 15.0 Å². The van der Waals surface area contributed by atoms with Crippen LogP contribution in [0.5, 0.6) is 0 Å². The van der Waals surface area contributed by atoms with Gasteiger partial charge in [0.15, 0.2) is 6.29 Å². The Bertz CT molecular complexity index is 323. The lowest BCUT2D eigenvalue weighted by atomic mass is 10.0. The fraction of sp³-hybridized carbons (Fsp3) is 0.947. The molecule has 1 heterocycles. The van der Waals surface area contributed by atoms with Crippen molar-refractivity contribution >= 4 is 6.29 Å². The lowest BCUT2D eigenvalue weighted by Gasteiger charge is -2.36. The minimum absolute atomic E-state index is 0.0513. The van der Waals surface area contributed by atoms with E-state index in [2.05, 4.69) is 0 Å². The van der Waals surface area contributed by atoms with Crippen molar-refractivity contribution < 1.29 is 24.5 Å². The Morgan fingerprint density at radius 3 is 2.25 bits per heavy atom. The number of ether oxygens (including phenoxy) is 2. The van der Waals surface area contributed by atoms with Gasteiger partial charge in [0.2, 0.25) is 0 Å². The fourth-order valence-corrected chi connectivity index (χ4v) is 3.08. The Kier molecular flexibility index (Phi) is 11.5. The van der Waals surface area contributed by atoms with E-state index in [1.54, 1.807) is 6.92 Å². The Morgan fingerprint density at radius 2 is 1.62 bits per heavy atom. The van der Waals surface area contributed by atoms with Gasteiger partial charge in [-0.3, -0.25) is 0 Å². The molecule has 5 atom stereocenters. The van der Waals surface area contributed by atoms with Crippen molar-refractivity contribution in [1.82, 2.24) is 0 Å². The van der Waals surface area contributed by atoms with Crippen molar-refractivity contribution in [2.45, 2.75) is 115 Å². The summed E-state index contributed by atoms with van der Waals surface area (Å²) in [6, 6.07) is 0. The number of carbonyl (C=O) groups excluding carboxylic acids is 1. The molecular formula is C19H36O5. The summed E-state index contributed by atoms with van der Waals surface area (Å²) in [7, 11) is 0. The second kappa shape index (κ2) is 12.8. The van der Waals surface area contributed by atoms with E-state index in [1.807, 2.05) is 6.92 Å². The van der Waals surface area contributed by atoms with Crippen LogP contribution in [0.25, 0.3) is 0 Å². The maximum Gasteiger partial charge on any atom is 0.184 e. The molecule has 5 nitrogen and oxygen atoms in total. The van der Waals surface area contributed by atoms with Gasteiger partial charge >= 0.3 is 0 Å². The normalized spacial score (nSPS) is 28.7. The van der Waals surface area contributed by atoms with Crippen LogP contribution in [0.4, 0.5) is 0 Å². The third kappa shape index (κ3) is 9.11. The first-order chi connectivity index (χ1) is 11.5. The van der Waals surface area contributed by atoms with E-state index >= 15 is 0 Å². The van der Waals surface area contributed by atoms with Gasteiger partial charge in [-0.05, 0) is 26.7 Å². The number of carbonyl (C=O) groups is 1. The van der Waals surface area contributed by atoms with Gasteiger partial charge in [0.05, 0.1) is 18.3 Å². The first-order valence-electron chi connectivity index (χ1n) is 9.65. The van der Waals surface area contributed by atoms with Crippen LogP contribution in [-0.4, -0.2) is 47.2 Å². The SMILES string of the molecule is CC1O[C@@H](O[C@H](C)CCCCCCCCCCC=O)[C@@H](O)C[C@H]1O. The number of hydrogen-bond acceptors (Lipinski definition) is 5. The minimum atomic E-state index is -0.752. The largest absolute Gasteiger partial charge is 0.390 e. The van der Waals surface area contributed by atoms with Crippen LogP contribution in [0.2, 0.25) is 0 Å². The molecule has 1 unspecified atom stereocenters. The summed E-state index contributed by atoms with van der Waals surface area (Å²) in [5.74, 6) is 0. The summed E-state index contributed by atoms with van der Waals surface area (Å²) in [6.07, 6.45) is 10.3. The average Bonchev–Trinajstić information content (AvgIpc) is 2.54. The first-order valence-corrected chi connectivity index (χ1v) is 9.65. The van der Waals surface area contributed by atoms with Crippen LogP contribution in [0.3, 0.4) is 0 Å². The fourth-order valence-electron chi connectivity index (χ4n) is 3.08. The van der Waals surface area contributed by atoms with Crippen LogP contribution in [-0.2, 0) is 14.3 Å². The Labute approximate surface area is 146 Å². The van der Waals surface area contributed by atoms with Crippen molar-refractivity contribution in [2.24, 2.45) is 0 Å². The first kappa shape index (κ1) is 21.6. The molecule has 0 saturated carbocycles. The number of unbranched alkanes of at least 4 members (excludes halogenated alkanes) is 8. The summed E-state index contributed by atoms with van der Waals surface area (Å²) < 4.78 is 11.3. The summed E-state index contributed by atoms with van der Waals surface area (Å²) in [5, 5.41) is 19.6. The molecule has 0 bridgehead atoms. The predicted octanol–water partition coefficient (Wildman–Crippen LogP) is 3.35. The van der Waals surface area contributed by atoms with Crippen LogP contribution >= 0.6 is 0 Å². The zero-order valence-electron chi connectivity index (χ0n) is 15.4. The number of rotatable bonds is 13. The zero-order valence-corrected chi connectivity index (χ0v) is 15.4. The van der Waals surface area contributed by atoms with Gasteiger partial charge in [0, 0.05) is 12.8 Å². The molecule has 0 amide bonds. The van der Waals surface area contributed by atoms with Gasteiger partial charge in [-0.1, -0.05) is 44.9 Å². The third-order valence-corrected chi connectivity index (χ3v) is 4.74. The van der Waals surface area contributed by atoms with Crippen molar-refractivity contribution in [3.05, 3.63) is 0 Å². The second-order valence-corrected chi connectivity index (χ2v) is 7.10. The van der Waals surface area contributed by atoms with Crippen molar-refractivity contribution in [2.75, 3.05) is 0 Å². The highest BCUT2D eigenvalue weighted by Gasteiger charge is 2.35. The third-order valence-electron chi connectivity index (χ3n) is 4.74. The molecule has 0 aromatic rings. The predicted molar refractivity (Wildman–Crippen MR) is 93.7 cm³/mol. The van der Waals surface area contributed by atoms with E-state index in [0.717, 1.165) is 25.5 Å². The molecule has 0 spiro atoms. The average molecular weight is 344 g/mol. The molecule has 2 N–H and O–H groups in total. The monoisotopic (exact) mass is 344 g/mol. The highest BCUT2D eigenvalue weighted by atomic mass is 16.7. The van der Waals surface area contributed by atoms with Gasteiger partial charge < -0.3 is 24.5 Å². The molecule has 0 radical (unpaired) electrons. The molecule has 142 valence electrons. The number of aliphatic hydroxyl groups is 2. The molecule has 0 aromatic heterocycles. The van der Waals surface area contributed by atoms with Crippen LogP contribution in [0.1, 0.15) is 84.5 Å². The molecule has 1 aliphatic heterocycles. The zero-order chi connectivity index (χ0) is 17.8. The molecule has 5 heteroatoms.